The first-order chi connectivity index (χ1) is 10.7. The quantitative estimate of drug-likeness (QED) is 0.409. The average molecular weight is 412 g/mol. The summed E-state index contributed by atoms with van der Waals surface area (Å²) >= 11 is 3.27. The molecular weight excluding hydrogens is 398 g/mol. The van der Waals surface area contributed by atoms with E-state index in [1.165, 1.54) is 12.1 Å². The molecule has 0 N–H and O–H groups in total. The molecule has 120 valence electrons. The van der Waals surface area contributed by atoms with Gasteiger partial charge in [-0.25, -0.2) is 4.98 Å². The minimum absolute atomic E-state index is 0. The highest BCUT2D eigenvalue weighted by Crippen LogP contribution is 2.33. The summed E-state index contributed by atoms with van der Waals surface area (Å²) in [7, 11) is 0. The Balaban J connectivity index is 0.00000192. The summed E-state index contributed by atoms with van der Waals surface area (Å²) in [4.78, 5) is 18.2. The van der Waals surface area contributed by atoms with Crippen molar-refractivity contribution in [3.8, 4) is 9.88 Å². The molecule has 0 aliphatic rings. The molecule has 0 aliphatic carbocycles. The molecule has 0 saturated heterocycles. The highest BCUT2D eigenvalue weighted by molar-refractivity contribution is 8.93. The standard InChI is InChI=1S/C15H13N3O2S2.BrH/c1-2-17(11-5-7-12(8-6-11)18(19)20)14-10-22-15(16-14)13-4-3-9-21-13;/h3-10H,2H2,1H3;1H. The molecule has 0 saturated carbocycles. The molecule has 0 spiro atoms. The summed E-state index contributed by atoms with van der Waals surface area (Å²) in [6.45, 7) is 2.77. The number of hydrogen-bond acceptors (Lipinski definition) is 6. The van der Waals surface area contributed by atoms with Gasteiger partial charge in [0.2, 0.25) is 0 Å². The van der Waals surface area contributed by atoms with Gasteiger partial charge in [0.25, 0.3) is 5.69 Å². The van der Waals surface area contributed by atoms with Gasteiger partial charge in [-0.15, -0.1) is 39.7 Å². The molecule has 8 heteroatoms. The summed E-state index contributed by atoms with van der Waals surface area (Å²) in [5.41, 5.74) is 0.994. The SMILES string of the molecule is Br.CCN(c1ccc([N+](=O)[O-])cc1)c1csc(-c2cccs2)n1. The van der Waals surface area contributed by atoms with Crippen molar-refractivity contribution in [3.63, 3.8) is 0 Å². The molecule has 2 aromatic heterocycles. The van der Waals surface area contributed by atoms with Gasteiger partial charge >= 0.3 is 0 Å². The van der Waals surface area contributed by atoms with E-state index in [1.54, 1.807) is 34.8 Å². The summed E-state index contributed by atoms with van der Waals surface area (Å²) in [5, 5.41) is 15.8. The van der Waals surface area contributed by atoms with Crippen LogP contribution in [0.4, 0.5) is 17.2 Å². The molecule has 0 atom stereocenters. The van der Waals surface area contributed by atoms with Crippen LogP contribution < -0.4 is 4.90 Å². The zero-order chi connectivity index (χ0) is 15.5. The molecule has 0 amide bonds. The molecule has 0 unspecified atom stereocenters. The monoisotopic (exact) mass is 411 g/mol. The number of halogens is 1. The van der Waals surface area contributed by atoms with Gasteiger partial charge in [-0.2, -0.15) is 0 Å². The average Bonchev–Trinajstić information content (AvgIpc) is 3.19. The molecule has 0 aliphatic heterocycles. The Morgan fingerprint density at radius 2 is 1.96 bits per heavy atom. The largest absolute Gasteiger partial charge is 0.326 e. The van der Waals surface area contributed by atoms with Gasteiger partial charge in [-0.1, -0.05) is 6.07 Å². The number of benzene rings is 1. The van der Waals surface area contributed by atoms with Crippen LogP contribution in [0.25, 0.3) is 9.88 Å². The fraction of sp³-hybridized carbons (Fsp3) is 0.133. The van der Waals surface area contributed by atoms with Crippen molar-refractivity contribution in [2.24, 2.45) is 0 Å². The number of thiazole rings is 1. The van der Waals surface area contributed by atoms with Crippen molar-refractivity contribution < 1.29 is 4.92 Å². The van der Waals surface area contributed by atoms with Crippen LogP contribution in [-0.4, -0.2) is 16.5 Å². The normalized spacial score (nSPS) is 10.1. The highest BCUT2D eigenvalue weighted by atomic mass is 79.9. The van der Waals surface area contributed by atoms with Crippen LogP contribution in [0, 0.1) is 10.1 Å². The van der Waals surface area contributed by atoms with Crippen molar-refractivity contribution in [2.45, 2.75) is 6.92 Å². The molecule has 23 heavy (non-hydrogen) atoms. The zero-order valence-electron chi connectivity index (χ0n) is 12.2. The number of thiophene rings is 1. The minimum Gasteiger partial charge on any atom is -0.326 e. The Morgan fingerprint density at radius 3 is 2.52 bits per heavy atom. The summed E-state index contributed by atoms with van der Waals surface area (Å²) in [5.74, 6) is 0.866. The number of nitro benzene ring substituents is 1. The molecule has 3 rings (SSSR count). The number of nitro groups is 1. The first kappa shape index (κ1) is 17.6. The van der Waals surface area contributed by atoms with E-state index in [-0.39, 0.29) is 22.7 Å². The Bertz CT molecular complexity index is 772. The smallest absolute Gasteiger partial charge is 0.269 e. The van der Waals surface area contributed by atoms with Gasteiger partial charge in [-0.3, -0.25) is 10.1 Å². The molecule has 2 heterocycles. The van der Waals surface area contributed by atoms with Crippen molar-refractivity contribution in [2.75, 3.05) is 11.4 Å². The maximum absolute atomic E-state index is 10.7. The minimum atomic E-state index is -0.391. The fourth-order valence-corrected chi connectivity index (χ4v) is 3.76. The molecule has 5 nitrogen and oxygen atoms in total. The van der Waals surface area contributed by atoms with Crippen LogP contribution in [-0.2, 0) is 0 Å². The first-order valence-electron chi connectivity index (χ1n) is 6.70. The Kier molecular flexibility index (Phi) is 5.86. The molecule has 0 radical (unpaired) electrons. The molecule has 3 aromatic rings. The van der Waals surface area contributed by atoms with E-state index >= 15 is 0 Å². The van der Waals surface area contributed by atoms with Crippen LogP contribution in [0.3, 0.4) is 0 Å². The number of rotatable bonds is 5. The Labute approximate surface area is 152 Å². The fourth-order valence-electron chi connectivity index (χ4n) is 2.13. The first-order valence-corrected chi connectivity index (χ1v) is 8.46. The molecule has 1 aromatic carbocycles. The van der Waals surface area contributed by atoms with Crippen molar-refractivity contribution in [1.29, 1.82) is 0 Å². The summed E-state index contributed by atoms with van der Waals surface area (Å²) in [6, 6.07) is 10.6. The van der Waals surface area contributed by atoms with E-state index < -0.39 is 4.92 Å². The van der Waals surface area contributed by atoms with Crippen molar-refractivity contribution in [1.82, 2.24) is 4.98 Å². The second-order valence-corrected chi connectivity index (χ2v) is 6.31. The van der Waals surface area contributed by atoms with Crippen molar-refractivity contribution in [3.05, 3.63) is 57.3 Å². The second kappa shape index (κ2) is 7.67. The van der Waals surface area contributed by atoms with Gasteiger partial charge in [0.15, 0.2) is 0 Å². The number of nitrogens with zero attached hydrogens (tertiary/aromatic N) is 3. The van der Waals surface area contributed by atoms with Crippen LogP contribution >= 0.6 is 39.7 Å². The van der Waals surface area contributed by atoms with Crippen LogP contribution in [0.1, 0.15) is 6.92 Å². The number of hydrogen-bond donors (Lipinski definition) is 0. The van der Waals surface area contributed by atoms with Gasteiger partial charge < -0.3 is 4.90 Å². The second-order valence-electron chi connectivity index (χ2n) is 4.51. The lowest BCUT2D eigenvalue weighted by molar-refractivity contribution is -0.384. The lowest BCUT2D eigenvalue weighted by atomic mass is 10.2. The highest BCUT2D eigenvalue weighted by Gasteiger charge is 2.14. The van der Waals surface area contributed by atoms with Gasteiger partial charge in [-0.05, 0) is 30.5 Å². The third-order valence-corrected chi connectivity index (χ3v) is 5.06. The van der Waals surface area contributed by atoms with E-state index in [9.17, 15) is 10.1 Å². The van der Waals surface area contributed by atoms with E-state index in [2.05, 4.69) is 11.1 Å². The Morgan fingerprint density at radius 1 is 1.22 bits per heavy atom. The lowest BCUT2D eigenvalue weighted by Gasteiger charge is -2.20. The predicted octanol–water partition coefficient (Wildman–Crippen LogP) is 5.52. The topological polar surface area (TPSA) is 59.3 Å². The van der Waals surface area contributed by atoms with Crippen LogP contribution in [0.5, 0.6) is 0 Å². The lowest BCUT2D eigenvalue weighted by Crippen LogP contribution is -2.16. The Hall–Kier alpha value is -1.77. The molecule has 0 fully saturated rings. The maximum atomic E-state index is 10.7. The van der Waals surface area contributed by atoms with Crippen molar-refractivity contribution >= 4 is 56.8 Å². The van der Waals surface area contributed by atoms with E-state index in [4.69, 9.17) is 0 Å². The number of non-ortho nitro benzene ring substituents is 1. The van der Waals surface area contributed by atoms with Crippen LogP contribution in [0.15, 0.2) is 47.2 Å². The van der Waals surface area contributed by atoms with E-state index in [0.717, 1.165) is 27.9 Å². The third-order valence-electron chi connectivity index (χ3n) is 3.19. The van der Waals surface area contributed by atoms with E-state index in [1.807, 2.05) is 28.7 Å². The predicted molar refractivity (Wildman–Crippen MR) is 102 cm³/mol. The summed E-state index contributed by atoms with van der Waals surface area (Å²) in [6.07, 6.45) is 0. The van der Waals surface area contributed by atoms with Crippen LogP contribution in [0.2, 0.25) is 0 Å². The van der Waals surface area contributed by atoms with Gasteiger partial charge in [0.05, 0.1) is 9.80 Å². The zero-order valence-corrected chi connectivity index (χ0v) is 15.6. The van der Waals surface area contributed by atoms with Gasteiger partial charge in [0.1, 0.15) is 10.8 Å². The summed E-state index contributed by atoms with van der Waals surface area (Å²) < 4.78 is 0. The molecular formula is C15H14BrN3O2S2. The number of aromatic nitrogens is 1. The van der Waals surface area contributed by atoms with E-state index in [0.29, 0.717) is 0 Å². The molecule has 0 bridgehead atoms. The van der Waals surface area contributed by atoms with Gasteiger partial charge in [0, 0.05) is 29.7 Å². The third kappa shape index (κ3) is 3.77. The number of anilines is 2. The maximum Gasteiger partial charge on any atom is 0.269 e.